The summed E-state index contributed by atoms with van der Waals surface area (Å²) in [6.45, 7) is 2.98. The molecule has 2 N–H and O–H groups in total. The van der Waals surface area contributed by atoms with Crippen LogP contribution >= 0.6 is 0 Å². The molecule has 130 valence electrons. The van der Waals surface area contributed by atoms with Crippen LogP contribution in [0.25, 0.3) is 0 Å². The number of carboxylic acids is 1. The lowest BCUT2D eigenvalue weighted by Gasteiger charge is -2.26. The van der Waals surface area contributed by atoms with Crippen LogP contribution in [0.4, 0.5) is 4.39 Å². The molecule has 6 heteroatoms. The lowest BCUT2D eigenvalue weighted by molar-refractivity contribution is -0.149. The van der Waals surface area contributed by atoms with E-state index in [9.17, 15) is 19.1 Å². The summed E-state index contributed by atoms with van der Waals surface area (Å²) in [4.78, 5) is 26.1. The number of fused-ring (bicyclic) bond motifs is 1. The Hall–Kier alpha value is -1.95. The molecule has 1 unspecified atom stereocenters. The highest BCUT2D eigenvalue weighted by Gasteiger charge is 2.55. The molecule has 0 radical (unpaired) electrons. The van der Waals surface area contributed by atoms with Crippen molar-refractivity contribution in [1.82, 2.24) is 10.2 Å². The van der Waals surface area contributed by atoms with Crippen LogP contribution in [0, 0.1) is 17.2 Å². The molecule has 5 nitrogen and oxygen atoms in total. The van der Waals surface area contributed by atoms with Crippen molar-refractivity contribution in [2.75, 3.05) is 13.1 Å². The Labute approximate surface area is 140 Å². The van der Waals surface area contributed by atoms with Crippen LogP contribution in [0.15, 0.2) is 24.3 Å². The van der Waals surface area contributed by atoms with Gasteiger partial charge in [-0.1, -0.05) is 24.6 Å². The number of benzene rings is 1. The average molecular weight is 334 g/mol. The molecule has 1 aliphatic carbocycles. The van der Waals surface area contributed by atoms with Gasteiger partial charge in [0, 0.05) is 25.2 Å². The maximum Gasteiger partial charge on any atom is 0.311 e. The van der Waals surface area contributed by atoms with E-state index in [-0.39, 0.29) is 24.2 Å². The highest BCUT2D eigenvalue weighted by atomic mass is 19.1. The Morgan fingerprint density at radius 3 is 2.88 bits per heavy atom. The molecule has 3 atom stereocenters. The van der Waals surface area contributed by atoms with E-state index in [1.54, 1.807) is 25.1 Å². The highest BCUT2D eigenvalue weighted by Crippen LogP contribution is 2.49. The Morgan fingerprint density at radius 2 is 2.21 bits per heavy atom. The molecule has 1 aromatic carbocycles. The fourth-order valence-corrected chi connectivity index (χ4v) is 4.11. The van der Waals surface area contributed by atoms with Crippen LogP contribution in [0.5, 0.6) is 0 Å². The summed E-state index contributed by atoms with van der Waals surface area (Å²) in [5, 5.41) is 12.4. The molecule has 1 saturated heterocycles. The lowest BCUT2D eigenvalue weighted by Crippen LogP contribution is -2.45. The van der Waals surface area contributed by atoms with E-state index in [4.69, 9.17) is 0 Å². The second-order valence-electron chi connectivity index (χ2n) is 6.97. The number of nitrogens with one attached hydrogen (secondary N) is 1. The third kappa shape index (κ3) is 2.90. The van der Waals surface area contributed by atoms with Gasteiger partial charge in [0.1, 0.15) is 5.82 Å². The molecule has 1 aliphatic heterocycles. The number of hydrogen-bond acceptors (Lipinski definition) is 3. The van der Waals surface area contributed by atoms with Crippen molar-refractivity contribution < 1.29 is 19.1 Å². The van der Waals surface area contributed by atoms with Crippen LogP contribution in [0.3, 0.4) is 0 Å². The number of aliphatic carboxylic acids is 1. The SMILES string of the molecule is CC(C(=O)NCc1ccccc1F)N1C[C@@H]2CCC[C@@]2(C(=O)O)C1. The molecular formula is C18H23FN2O3. The fourth-order valence-electron chi connectivity index (χ4n) is 4.11. The number of carboxylic acid groups (broad SMARTS) is 1. The first-order valence-corrected chi connectivity index (χ1v) is 8.42. The summed E-state index contributed by atoms with van der Waals surface area (Å²) in [5.41, 5.74) is -0.251. The van der Waals surface area contributed by atoms with Crippen molar-refractivity contribution in [1.29, 1.82) is 0 Å². The van der Waals surface area contributed by atoms with Gasteiger partial charge in [0.15, 0.2) is 0 Å². The molecule has 2 aliphatic rings. The maximum atomic E-state index is 13.6. The summed E-state index contributed by atoms with van der Waals surface area (Å²) in [6, 6.07) is 5.92. The Kier molecular flexibility index (Phi) is 4.58. The topological polar surface area (TPSA) is 69.6 Å². The van der Waals surface area contributed by atoms with Gasteiger partial charge in [-0.05, 0) is 31.7 Å². The second-order valence-corrected chi connectivity index (χ2v) is 6.97. The summed E-state index contributed by atoms with van der Waals surface area (Å²) in [6.07, 6.45) is 2.54. The van der Waals surface area contributed by atoms with Crippen molar-refractivity contribution >= 4 is 11.9 Å². The molecule has 24 heavy (non-hydrogen) atoms. The number of carbonyl (C=O) groups is 2. The number of rotatable bonds is 5. The smallest absolute Gasteiger partial charge is 0.311 e. The summed E-state index contributed by atoms with van der Waals surface area (Å²) >= 11 is 0. The number of halogens is 1. The van der Waals surface area contributed by atoms with Crippen molar-refractivity contribution in [2.24, 2.45) is 11.3 Å². The Morgan fingerprint density at radius 1 is 1.46 bits per heavy atom. The van der Waals surface area contributed by atoms with Crippen LogP contribution in [0.2, 0.25) is 0 Å². The van der Waals surface area contributed by atoms with Gasteiger partial charge in [-0.25, -0.2) is 4.39 Å². The first-order valence-electron chi connectivity index (χ1n) is 8.42. The molecule has 1 amide bonds. The van der Waals surface area contributed by atoms with Crippen LogP contribution in [0.1, 0.15) is 31.7 Å². The van der Waals surface area contributed by atoms with Crippen molar-refractivity contribution in [3.8, 4) is 0 Å². The van der Waals surface area contributed by atoms with Gasteiger partial charge < -0.3 is 10.4 Å². The number of likely N-dealkylation sites (tertiary alicyclic amines) is 1. The standard InChI is InChI=1S/C18H23FN2O3/c1-12(16(22)20-9-13-5-2-3-7-15(13)19)21-10-14-6-4-8-18(14,11-21)17(23)24/h2-3,5,7,12,14H,4,6,8-11H2,1H3,(H,20,22)(H,23,24)/t12?,14-,18+/m0/s1. The van der Waals surface area contributed by atoms with Gasteiger partial charge in [-0.2, -0.15) is 0 Å². The summed E-state index contributed by atoms with van der Waals surface area (Å²) in [5.74, 6) is -1.16. The zero-order valence-corrected chi connectivity index (χ0v) is 13.8. The first-order chi connectivity index (χ1) is 11.4. The third-order valence-corrected chi connectivity index (χ3v) is 5.66. The molecular weight excluding hydrogens is 311 g/mol. The van der Waals surface area contributed by atoms with Crippen molar-refractivity contribution in [3.63, 3.8) is 0 Å². The highest BCUT2D eigenvalue weighted by molar-refractivity contribution is 5.82. The largest absolute Gasteiger partial charge is 0.481 e. The monoisotopic (exact) mass is 334 g/mol. The van der Waals surface area contributed by atoms with Crippen LogP contribution in [-0.4, -0.2) is 41.0 Å². The minimum absolute atomic E-state index is 0.122. The molecule has 1 heterocycles. The molecule has 1 aromatic rings. The summed E-state index contributed by atoms with van der Waals surface area (Å²) < 4.78 is 13.6. The van der Waals surface area contributed by atoms with Gasteiger partial charge in [0.2, 0.25) is 5.91 Å². The van der Waals surface area contributed by atoms with Gasteiger partial charge >= 0.3 is 5.97 Å². The zero-order chi connectivity index (χ0) is 17.3. The second kappa shape index (κ2) is 6.51. The fraction of sp³-hybridized carbons (Fsp3) is 0.556. The lowest BCUT2D eigenvalue weighted by atomic mass is 9.81. The predicted molar refractivity (Wildman–Crippen MR) is 86.7 cm³/mol. The minimum atomic E-state index is -0.744. The molecule has 2 fully saturated rings. The van der Waals surface area contributed by atoms with Crippen molar-refractivity contribution in [3.05, 3.63) is 35.6 Å². The third-order valence-electron chi connectivity index (χ3n) is 5.66. The average Bonchev–Trinajstić information content (AvgIpc) is 3.11. The van der Waals surface area contributed by atoms with E-state index >= 15 is 0 Å². The normalized spacial score (nSPS) is 27.7. The molecule has 0 aromatic heterocycles. The Bertz CT molecular complexity index is 651. The van der Waals surface area contributed by atoms with E-state index in [1.165, 1.54) is 6.07 Å². The van der Waals surface area contributed by atoms with E-state index in [2.05, 4.69) is 5.32 Å². The van der Waals surface area contributed by atoms with Crippen LogP contribution < -0.4 is 5.32 Å². The van der Waals surface area contributed by atoms with E-state index < -0.39 is 17.4 Å². The molecule has 3 rings (SSSR count). The van der Waals surface area contributed by atoms with Gasteiger partial charge in [-0.3, -0.25) is 14.5 Å². The molecule has 0 bridgehead atoms. The van der Waals surface area contributed by atoms with Crippen LogP contribution in [-0.2, 0) is 16.1 Å². The Balaban J connectivity index is 1.61. The minimum Gasteiger partial charge on any atom is -0.481 e. The zero-order valence-electron chi connectivity index (χ0n) is 13.8. The van der Waals surface area contributed by atoms with Gasteiger partial charge in [0.25, 0.3) is 0 Å². The first kappa shape index (κ1) is 16.9. The predicted octanol–water partition coefficient (Wildman–Crippen LogP) is 2.02. The summed E-state index contributed by atoms with van der Waals surface area (Å²) in [7, 11) is 0. The van der Waals surface area contributed by atoms with E-state index in [0.717, 1.165) is 12.8 Å². The molecule has 0 spiro atoms. The maximum absolute atomic E-state index is 13.6. The van der Waals surface area contributed by atoms with Crippen molar-refractivity contribution in [2.45, 2.75) is 38.8 Å². The number of carbonyl (C=O) groups excluding carboxylic acids is 1. The van der Waals surface area contributed by atoms with E-state index in [1.807, 2.05) is 4.90 Å². The number of nitrogens with zero attached hydrogens (tertiary/aromatic N) is 1. The molecule has 1 saturated carbocycles. The number of hydrogen-bond donors (Lipinski definition) is 2. The quantitative estimate of drug-likeness (QED) is 0.864. The van der Waals surface area contributed by atoms with Gasteiger partial charge in [-0.15, -0.1) is 0 Å². The van der Waals surface area contributed by atoms with E-state index in [0.29, 0.717) is 25.1 Å². The number of amides is 1. The van der Waals surface area contributed by atoms with Gasteiger partial charge in [0.05, 0.1) is 11.5 Å².